The monoisotopic (exact) mass is 509 g/mol. The number of benzene rings is 7. The van der Waals surface area contributed by atoms with E-state index in [0.717, 1.165) is 27.5 Å². The lowest BCUT2D eigenvalue weighted by Gasteiger charge is -2.13. The zero-order valence-electron chi connectivity index (χ0n) is 21.6. The lowest BCUT2D eigenvalue weighted by Crippen LogP contribution is -2.00. The molecular formula is C37H23N3. The average molecular weight is 510 g/mol. The summed E-state index contributed by atoms with van der Waals surface area (Å²) in [5.41, 5.74) is 2.93. The Bertz CT molecular complexity index is 2150. The first kappa shape index (κ1) is 22.6. The summed E-state index contributed by atoms with van der Waals surface area (Å²) in [7, 11) is 0. The second kappa shape index (κ2) is 9.11. The molecule has 0 aliphatic rings. The first-order valence-electron chi connectivity index (χ1n) is 13.5. The van der Waals surface area contributed by atoms with Gasteiger partial charge in [-0.05, 0) is 37.7 Å². The van der Waals surface area contributed by atoms with E-state index in [1.165, 1.54) is 32.3 Å². The average Bonchev–Trinajstić information content (AvgIpc) is 3.04. The molecule has 0 saturated carbocycles. The Labute approximate surface area is 231 Å². The van der Waals surface area contributed by atoms with Crippen LogP contribution in [0.1, 0.15) is 0 Å². The van der Waals surface area contributed by atoms with Gasteiger partial charge in [0.25, 0.3) is 0 Å². The highest BCUT2D eigenvalue weighted by molar-refractivity contribution is 6.24. The molecule has 1 heterocycles. The van der Waals surface area contributed by atoms with Crippen LogP contribution in [0.15, 0.2) is 140 Å². The molecule has 0 fully saturated rings. The van der Waals surface area contributed by atoms with Crippen LogP contribution in [0.3, 0.4) is 0 Å². The van der Waals surface area contributed by atoms with Crippen molar-refractivity contribution in [3.63, 3.8) is 0 Å². The molecule has 0 amide bonds. The number of rotatable bonds is 3. The minimum Gasteiger partial charge on any atom is -0.208 e. The van der Waals surface area contributed by atoms with Crippen molar-refractivity contribution < 1.29 is 0 Å². The molecule has 0 atom stereocenters. The Hall–Kier alpha value is -5.41. The van der Waals surface area contributed by atoms with E-state index in [1.807, 2.05) is 60.7 Å². The molecule has 7 aromatic carbocycles. The summed E-state index contributed by atoms with van der Waals surface area (Å²) in [5.74, 6) is 2.00. The molecule has 0 aliphatic heterocycles. The highest BCUT2D eigenvalue weighted by Gasteiger charge is 2.16. The van der Waals surface area contributed by atoms with E-state index in [-0.39, 0.29) is 0 Å². The van der Waals surface area contributed by atoms with Gasteiger partial charge in [0, 0.05) is 22.1 Å². The predicted molar refractivity (Wildman–Crippen MR) is 166 cm³/mol. The number of nitrogens with zero attached hydrogens (tertiary/aromatic N) is 3. The lowest BCUT2D eigenvalue weighted by molar-refractivity contribution is 1.08. The fourth-order valence-electron chi connectivity index (χ4n) is 5.81. The maximum Gasteiger partial charge on any atom is 0.164 e. The van der Waals surface area contributed by atoms with Crippen molar-refractivity contribution in [2.24, 2.45) is 0 Å². The largest absolute Gasteiger partial charge is 0.208 e. The standard InChI is InChI=1S/C37H23N3/c1-3-11-26(12-4-1)35-38-36(27-13-5-2-6-14-27)40-37(39-35)33-17-9-15-25-19-21-31-30-20-18-24-10-7-8-16-28(24)29(30)22-23-32(31)34(25)33/h1-23H. The molecule has 0 N–H and O–H groups in total. The molecule has 3 nitrogen and oxygen atoms in total. The molecule has 186 valence electrons. The van der Waals surface area contributed by atoms with Crippen LogP contribution in [0.2, 0.25) is 0 Å². The van der Waals surface area contributed by atoms with Gasteiger partial charge in [0.2, 0.25) is 0 Å². The van der Waals surface area contributed by atoms with Gasteiger partial charge < -0.3 is 0 Å². The Kier molecular flexibility index (Phi) is 5.14. The number of aromatic nitrogens is 3. The topological polar surface area (TPSA) is 38.7 Å². The Morgan fingerprint density at radius 2 is 0.800 bits per heavy atom. The highest BCUT2D eigenvalue weighted by atomic mass is 15.0. The van der Waals surface area contributed by atoms with Crippen molar-refractivity contribution in [3.05, 3.63) is 140 Å². The van der Waals surface area contributed by atoms with Gasteiger partial charge >= 0.3 is 0 Å². The first-order valence-corrected chi connectivity index (χ1v) is 13.5. The summed E-state index contributed by atoms with van der Waals surface area (Å²) < 4.78 is 0. The minimum atomic E-state index is 0.665. The fraction of sp³-hybridized carbons (Fsp3) is 0. The minimum absolute atomic E-state index is 0.665. The third-order valence-electron chi connectivity index (χ3n) is 7.70. The van der Waals surface area contributed by atoms with Crippen LogP contribution in [0.5, 0.6) is 0 Å². The maximum absolute atomic E-state index is 5.04. The second-order valence-electron chi connectivity index (χ2n) is 10.1. The Balaban J connectivity index is 1.43. The number of hydrogen-bond acceptors (Lipinski definition) is 3. The van der Waals surface area contributed by atoms with Gasteiger partial charge in [-0.25, -0.2) is 15.0 Å². The zero-order valence-corrected chi connectivity index (χ0v) is 21.6. The molecule has 8 rings (SSSR count). The van der Waals surface area contributed by atoms with Gasteiger partial charge in [0.1, 0.15) is 0 Å². The SMILES string of the molecule is c1ccc(-c2nc(-c3ccccc3)nc(-c3cccc4ccc5c6ccc7ccccc7c6ccc5c34)n2)cc1. The van der Waals surface area contributed by atoms with Gasteiger partial charge in [-0.2, -0.15) is 0 Å². The third-order valence-corrected chi connectivity index (χ3v) is 7.70. The Morgan fingerprint density at radius 1 is 0.300 bits per heavy atom. The van der Waals surface area contributed by atoms with Crippen molar-refractivity contribution in [1.82, 2.24) is 15.0 Å². The normalized spacial score (nSPS) is 11.5. The molecule has 0 radical (unpaired) electrons. The fourth-order valence-corrected chi connectivity index (χ4v) is 5.81. The summed E-state index contributed by atoms with van der Waals surface area (Å²) in [6, 6.07) is 48.7. The molecule has 0 bridgehead atoms. The first-order chi connectivity index (χ1) is 19.8. The van der Waals surface area contributed by atoms with E-state index >= 15 is 0 Å². The van der Waals surface area contributed by atoms with E-state index in [4.69, 9.17) is 15.0 Å². The predicted octanol–water partition coefficient (Wildman–Crippen LogP) is 9.49. The van der Waals surface area contributed by atoms with Crippen molar-refractivity contribution in [2.75, 3.05) is 0 Å². The molecule has 40 heavy (non-hydrogen) atoms. The molecule has 0 aliphatic carbocycles. The smallest absolute Gasteiger partial charge is 0.164 e. The molecule has 8 aromatic rings. The third kappa shape index (κ3) is 3.63. The molecule has 0 unspecified atom stereocenters. The summed E-state index contributed by atoms with van der Waals surface area (Å²) in [6.45, 7) is 0. The molecular weight excluding hydrogens is 486 g/mol. The van der Waals surface area contributed by atoms with E-state index in [2.05, 4.69) is 78.9 Å². The van der Waals surface area contributed by atoms with E-state index < -0.39 is 0 Å². The summed E-state index contributed by atoms with van der Waals surface area (Å²) in [5, 5.41) is 9.77. The zero-order chi connectivity index (χ0) is 26.5. The van der Waals surface area contributed by atoms with Gasteiger partial charge in [-0.3, -0.25) is 0 Å². The van der Waals surface area contributed by atoms with E-state index in [0.29, 0.717) is 17.5 Å². The van der Waals surface area contributed by atoms with Crippen LogP contribution < -0.4 is 0 Å². The molecule has 1 aromatic heterocycles. The van der Waals surface area contributed by atoms with Crippen molar-refractivity contribution in [3.8, 4) is 34.2 Å². The molecule has 0 saturated heterocycles. The second-order valence-corrected chi connectivity index (χ2v) is 10.1. The lowest BCUT2D eigenvalue weighted by atomic mass is 9.92. The van der Waals surface area contributed by atoms with Crippen molar-refractivity contribution in [2.45, 2.75) is 0 Å². The van der Waals surface area contributed by atoms with Crippen LogP contribution in [0.25, 0.3) is 77.3 Å². The summed E-state index contributed by atoms with van der Waals surface area (Å²) in [6.07, 6.45) is 0. The molecule has 0 spiro atoms. The quantitative estimate of drug-likeness (QED) is 0.223. The highest BCUT2D eigenvalue weighted by Crippen LogP contribution is 2.38. The van der Waals surface area contributed by atoms with Crippen LogP contribution >= 0.6 is 0 Å². The Morgan fingerprint density at radius 3 is 1.52 bits per heavy atom. The maximum atomic E-state index is 5.04. The van der Waals surface area contributed by atoms with Crippen molar-refractivity contribution in [1.29, 1.82) is 0 Å². The molecule has 3 heteroatoms. The number of fused-ring (bicyclic) bond motifs is 7. The van der Waals surface area contributed by atoms with Crippen LogP contribution in [-0.4, -0.2) is 15.0 Å². The van der Waals surface area contributed by atoms with E-state index in [1.54, 1.807) is 0 Å². The van der Waals surface area contributed by atoms with Crippen LogP contribution in [0, 0.1) is 0 Å². The van der Waals surface area contributed by atoms with Gasteiger partial charge in [-0.1, -0.05) is 140 Å². The van der Waals surface area contributed by atoms with E-state index in [9.17, 15) is 0 Å². The summed E-state index contributed by atoms with van der Waals surface area (Å²) >= 11 is 0. The van der Waals surface area contributed by atoms with Crippen LogP contribution in [0.4, 0.5) is 0 Å². The number of hydrogen-bond donors (Lipinski definition) is 0. The van der Waals surface area contributed by atoms with Gasteiger partial charge in [-0.15, -0.1) is 0 Å². The van der Waals surface area contributed by atoms with Gasteiger partial charge in [0.05, 0.1) is 0 Å². The van der Waals surface area contributed by atoms with Crippen molar-refractivity contribution >= 4 is 43.1 Å². The van der Waals surface area contributed by atoms with Gasteiger partial charge in [0.15, 0.2) is 17.5 Å². The van der Waals surface area contributed by atoms with Crippen LogP contribution in [-0.2, 0) is 0 Å². The summed E-state index contributed by atoms with van der Waals surface area (Å²) in [4.78, 5) is 15.0.